The molecule has 3 heteroatoms. The van der Waals surface area contributed by atoms with Gasteiger partial charge >= 0.3 is 0 Å². The van der Waals surface area contributed by atoms with E-state index in [0.717, 1.165) is 30.3 Å². The van der Waals surface area contributed by atoms with E-state index in [-0.39, 0.29) is 11.2 Å². The third kappa shape index (κ3) is 1.83. The normalized spacial score (nSPS) is 54.0. The third-order valence-corrected chi connectivity index (χ3v) is 8.24. The van der Waals surface area contributed by atoms with Crippen LogP contribution in [0.3, 0.4) is 0 Å². The highest BCUT2D eigenvalue weighted by molar-refractivity contribution is 6.69. The molecule has 3 saturated carbocycles. The van der Waals surface area contributed by atoms with E-state index in [1.165, 1.54) is 25.7 Å². The maximum atomic E-state index is 7.02. The summed E-state index contributed by atoms with van der Waals surface area (Å²) in [6.45, 7) is 15.5. The first kappa shape index (κ1) is 14.7. The molecular formula is C18H32O2Si. The molecule has 0 bridgehead atoms. The second kappa shape index (κ2) is 3.96. The lowest BCUT2D eigenvalue weighted by atomic mass is 9.72. The van der Waals surface area contributed by atoms with Crippen molar-refractivity contribution >= 4 is 8.32 Å². The molecule has 0 N–H and O–H groups in total. The molecule has 120 valence electrons. The van der Waals surface area contributed by atoms with Gasteiger partial charge in [-0.05, 0) is 74.4 Å². The SMILES string of the molecule is C[C@@H]1CC[C@@]2(O[Si](C)(C)C)[C@@H]1[C@H]1[C@@H](CC[C@@]23CO3)C1(C)C. The van der Waals surface area contributed by atoms with E-state index in [0.29, 0.717) is 5.41 Å². The lowest BCUT2D eigenvalue weighted by molar-refractivity contribution is -0.0673. The fraction of sp³-hybridized carbons (Fsp3) is 1.00. The van der Waals surface area contributed by atoms with E-state index in [1.54, 1.807) is 0 Å². The van der Waals surface area contributed by atoms with Crippen molar-refractivity contribution in [3.8, 4) is 0 Å². The average molecular weight is 309 g/mol. The molecule has 4 rings (SSSR count). The molecular weight excluding hydrogens is 276 g/mol. The number of epoxide rings is 1. The Kier molecular flexibility index (Phi) is 2.78. The molecule has 6 atom stereocenters. The zero-order valence-electron chi connectivity index (χ0n) is 14.7. The van der Waals surface area contributed by atoms with E-state index in [9.17, 15) is 0 Å². The predicted octanol–water partition coefficient (Wildman–Crippen LogP) is 4.46. The Morgan fingerprint density at radius 2 is 1.71 bits per heavy atom. The van der Waals surface area contributed by atoms with Crippen LogP contribution in [0.5, 0.6) is 0 Å². The molecule has 0 radical (unpaired) electrons. The van der Waals surface area contributed by atoms with Gasteiger partial charge in [-0.1, -0.05) is 20.8 Å². The summed E-state index contributed by atoms with van der Waals surface area (Å²) in [6.07, 6.45) is 5.17. The van der Waals surface area contributed by atoms with Crippen LogP contribution in [0.25, 0.3) is 0 Å². The molecule has 0 amide bonds. The molecule has 0 aromatic rings. The lowest BCUT2D eigenvalue weighted by Gasteiger charge is -2.46. The molecule has 0 aromatic heterocycles. The Hall–Kier alpha value is 0.137. The van der Waals surface area contributed by atoms with E-state index in [2.05, 4.69) is 40.4 Å². The highest BCUT2D eigenvalue weighted by atomic mass is 28.4. The monoisotopic (exact) mass is 308 g/mol. The summed E-state index contributed by atoms with van der Waals surface area (Å²) in [6, 6.07) is 0. The average Bonchev–Trinajstić information content (AvgIpc) is 3.19. The molecule has 0 aromatic carbocycles. The van der Waals surface area contributed by atoms with Crippen molar-refractivity contribution in [1.82, 2.24) is 0 Å². The zero-order valence-corrected chi connectivity index (χ0v) is 15.7. The molecule has 4 aliphatic rings. The zero-order chi connectivity index (χ0) is 15.3. The van der Waals surface area contributed by atoms with Crippen molar-refractivity contribution in [3.05, 3.63) is 0 Å². The minimum absolute atomic E-state index is 0.0457. The van der Waals surface area contributed by atoms with Crippen LogP contribution in [0.1, 0.15) is 46.5 Å². The minimum atomic E-state index is -1.58. The van der Waals surface area contributed by atoms with Crippen LogP contribution >= 0.6 is 0 Å². The van der Waals surface area contributed by atoms with Crippen molar-refractivity contribution in [3.63, 3.8) is 0 Å². The molecule has 4 fully saturated rings. The third-order valence-electron chi connectivity index (χ3n) is 7.26. The molecule has 1 saturated heterocycles. The van der Waals surface area contributed by atoms with Crippen LogP contribution < -0.4 is 0 Å². The predicted molar refractivity (Wildman–Crippen MR) is 87.7 cm³/mol. The van der Waals surface area contributed by atoms with E-state index >= 15 is 0 Å². The quantitative estimate of drug-likeness (QED) is 0.555. The maximum absolute atomic E-state index is 7.02. The molecule has 1 aliphatic heterocycles. The smallest absolute Gasteiger partial charge is 0.184 e. The summed E-state index contributed by atoms with van der Waals surface area (Å²) in [7, 11) is -1.58. The van der Waals surface area contributed by atoms with Gasteiger partial charge in [0.1, 0.15) is 5.60 Å². The molecule has 2 nitrogen and oxygen atoms in total. The largest absolute Gasteiger partial charge is 0.409 e. The van der Waals surface area contributed by atoms with Gasteiger partial charge in [0.05, 0.1) is 12.2 Å². The first-order valence-electron chi connectivity index (χ1n) is 8.97. The van der Waals surface area contributed by atoms with Crippen LogP contribution in [0, 0.1) is 29.1 Å². The second-order valence-corrected chi connectivity index (χ2v) is 14.3. The van der Waals surface area contributed by atoms with Crippen molar-refractivity contribution in [2.75, 3.05) is 6.61 Å². The fourth-order valence-electron chi connectivity index (χ4n) is 6.31. The van der Waals surface area contributed by atoms with Gasteiger partial charge in [-0.3, -0.25) is 0 Å². The Morgan fingerprint density at radius 1 is 1.05 bits per heavy atom. The molecule has 21 heavy (non-hydrogen) atoms. The summed E-state index contributed by atoms with van der Waals surface area (Å²) in [5.41, 5.74) is 0.671. The van der Waals surface area contributed by atoms with Crippen LogP contribution in [0.15, 0.2) is 0 Å². The Morgan fingerprint density at radius 3 is 2.29 bits per heavy atom. The summed E-state index contributed by atoms with van der Waals surface area (Å²) < 4.78 is 13.2. The molecule has 3 aliphatic carbocycles. The molecule has 1 spiro atoms. The van der Waals surface area contributed by atoms with E-state index in [4.69, 9.17) is 9.16 Å². The molecule has 0 unspecified atom stereocenters. The lowest BCUT2D eigenvalue weighted by Crippen LogP contribution is -2.56. The van der Waals surface area contributed by atoms with E-state index < -0.39 is 8.32 Å². The topological polar surface area (TPSA) is 21.8 Å². The van der Waals surface area contributed by atoms with Gasteiger partial charge in [-0.25, -0.2) is 0 Å². The number of hydrogen-bond acceptors (Lipinski definition) is 2. The van der Waals surface area contributed by atoms with Gasteiger partial charge in [-0.15, -0.1) is 0 Å². The van der Waals surface area contributed by atoms with Crippen molar-refractivity contribution < 1.29 is 9.16 Å². The van der Waals surface area contributed by atoms with Gasteiger partial charge < -0.3 is 9.16 Å². The first-order chi connectivity index (χ1) is 9.63. The summed E-state index contributed by atoms with van der Waals surface area (Å²) in [4.78, 5) is 0. The van der Waals surface area contributed by atoms with Gasteiger partial charge in [-0.2, -0.15) is 0 Å². The minimum Gasteiger partial charge on any atom is -0.409 e. The van der Waals surface area contributed by atoms with Crippen LogP contribution in [-0.2, 0) is 9.16 Å². The van der Waals surface area contributed by atoms with Crippen molar-refractivity contribution in [2.24, 2.45) is 29.1 Å². The van der Waals surface area contributed by atoms with Crippen LogP contribution in [0.2, 0.25) is 19.6 Å². The summed E-state index contributed by atoms with van der Waals surface area (Å²) in [5.74, 6) is 3.31. The van der Waals surface area contributed by atoms with Crippen molar-refractivity contribution in [2.45, 2.75) is 77.3 Å². The highest BCUT2D eigenvalue weighted by Gasteiger charge is 2.77. The standard InChI is InChI=1S/C18H32O2Si/c1-12-7-10-18(20-21(4,5)6)14(12)15-13(16(15,2)3)8-9-17(18)11-19-17/h12-15H,7-11H2,1-6H3/t12-,13-,14+,15-,17-,18-/m1/s1. The van der Waals surface area contributed by atoms with Crippen molar-refractivity contribution in [1.29, 1.82) is 0 Å². The van der Waals surface area contributed by atoms with E-state index in [1.807, 2.05) is 0 Å². The van der Waals surface area contributed by atoms with Gasteiger partial charge in [0.25, 0.3) is 0 Å². The number of rotatable bonds is 2. The second-order valence-electron chi connectivity index (χ2n) is 9.92. The number of hydrogen-bond donors (Lipinski definition) is 0. The summed E-state index contributed by atoms with van der Waals surface area (Å²) >= 11 is 0. The Bertz CT molecular complexity index is 462. The van der Waals surface area contributed by atoms with Crippen LogP contribution in [0.4, 0.5) is 0 Å². The maximum Gasteiger partial charge on any atom is 0.184 e. The number of ether oxygens (including phenoxy) is 1. The van der Waals surface area contributed by atoms with Gasteiger partial charge in [0.15, 0.2) is 8.32 Å². The van der Waals surface area contributed by atoms with Gasteiger partial charge in [0.2, 0.25) is 0 Å². The molecule has 1 heterocycles. The Labute approximate surface area is 131 Å². The number of fused-ring (bicyclic) bond motifs is 4. The first-order valence-corrected chi connectivity index (χ1v) is 12.4. The van der Waals surface area contributed by atoms with Crippen LogP contribution in [-0.4, -0.2) is 26.1 Å². The fourth-order valence-corrected chi connectivity index (χ4v) is 7.83. The summed E-state index contributed by atoms with van der Waals surface area (Å²) in [5, 5.41) is 0. The van der Waals surface area contributed by atoms with Gasteiger partial charge in [0, 0.05) is 0 Å². The Balaban J connectivity index is 1.78. The highest BCUT2D eigenvalue weighted by Crippen LogP contribution is 2.75.